The average molecular weight is 152 g/mol. The van der Waals surface area contributed by atoms with E-state index in [1.54, 1.807) is 20.8 Å². The summed E-state index contributed by atoms with van der Waals surface area (Å²) in [6, 6.07) is 0. The minimum Gasteiger partial charge on any atom is -0.324 e. The molecule has 0 fully saturated rings. The lowest BCUT2D eigenvalue weighted by Crippen LogP contribution is -2.11. The van der Waals surface area contributed by atoms with E-state index < -0.39 is 7.60 Å². The first-order valence-corrected chi connectivity index (χ1v) is 4.55. The van der Waals surface area contributed by atoms with Gasteiger partial charge in [0.25, 0.3) is 0 Å². The van der Waals surface area contributed by atoms with Crippen LogP contribution in [0.4, 0.5) is 0 Å². The second-order valence-electron chi connectivity index (χ2n) is 3.38. The van der Waals surface area contributed by atoms with Crippen molar-refractivity contribution >= 4 is 7.60 Å². The molecule has 0 saturated heterocycles. The summed E-state index contributed by atoms with van der Waals surface area (Å²) >= 11 is 0. The zero-order valence-electron chi connectivity index (χ0n) is 5.96. The molecule has 0 amide bonds. The van der Waals surface area contributed by atoms with E-state index in [4.69, 9.17) is 9.79 Å². The Balaban J connectivity index is 3.90. The van der Waals surface area contributed by atoms with Crippen LogP contribution in [0.2, 0.25) is 0 Å². The molecule has 0 unspecified atom stereocenters. The molecule has 0 atom stereocenters. The zero-order chi connectivity index (χ0) is 7.71. The lowest BCUT2D eigenvalue weighted by Gasteiger charge is -2.17. The maximum absolute atomic E-state index is 10.3. The number of rotatable bonds is 1. The Morgan fingerprint density at radius 2 is 1.67 bits per heavy atom. The molecule has 0 aliphatic rings. The van der Waals surface area contributed by atoms with Gasteiger partial charge in [0.05, 0.1) is 6.16 Å². The van der Waals surface area contributed by atoms with Crippen molar-refractivity contribution < 1.29 is 14.4 Å². The van der Waals surface area contributed by atoms with E-state index in [1.165, 1.54) is 0 Å². The quantitative estimate of drug-likeness (QED) is 0.555. The minimum absolute atomic E-state index is 0.0417. The second-order valence-corrected chi connectivity index (χ2v) is 5.03. The number of hydrogen-bond acceptors (Lipinski definition) is 1. The monoisotopic (exact) mass is 152 g/mol. The highest BCUT2D eigenvalue weighted by molar-refractivity contribution is 7.51. The van der Waals surface area contributed by atoms with Crippen molar-refractivity contribution in [1.29, 1.82) is 0 Å². The predicted octanol–water partition coefficient (Wildman–Crippen LogP) is 1.21. The van der Waals surface area contributed by atoms with Crippen LogP contribution in [0.3, 0.4) is 0 Å². The van der Waals surface area contributed by atoms with Crippen molar-refractivity contribution in [3.63, 3.8) is 0 Å². The fourth-order valence-electron chi connectivity index (χ4n) is 0.618. The maximum Gasteiger partial charge on any atom is 0.326 e. The molecule has 0 aromatic carbocycles. The molecule has 2 N–H and O–H groups in total. The van der Waals surface area contributed by atoms with Gasteiger partial charge in [0.15, 0.2) is 0 Å². The Labute approximate surface area is 55.3 Å². The van der Waals surface area contributed by atoms with E-state index in [0.29, 0.717) is 0 Å². The van der Waals surface area contributed by atoms with Gasteiger partial charge in [0.2, 0.25) is 0 Å². The van der Waals surface area contributed by atoms with Crippen LogP contribution in [-0.2, 0) is 4.57 Å². The Kier molecular flexibility index (Phi) is 2.45. The van der Waals surface area contributed by atoms with Gasteiger partial charge in [-0.1, -0.05) is 20.8 Å². The molecule has 4 heteroatoms. The first-order chi connectivity index (χ1) is 3.71. The van der Waals surface area contributed by atoms with Crippen molar-refractivity contribution in [2.75, 3.05) is 6.16 Å². The van der Waals surface area contributed by atoms with Crippen LogP contribution in [-0.4, -0.2) is 15.9 Å². The fraction of sp³-hybridized carbons (Fsp3) is 1.00. The van der Waals surface area contributed by atoms with Gasteiger partial charge in [-0.05, 0) is 5.41 Å². The summed E-state index contributed by atoms with van der Waals surface area (Å²) < 4.78 is 10.3. The standard InChI is InChI=1S/C5H13O3P/c1-5(2,3)4-9(6,7)8/h4H2,1-3H3,(H2,6,7,8). The van der Waals surface area contributed by atoms with Crippen molar-refractivity contribution in [3.8, 4) is 0 Å². The molecular weight excluding hydrogens is 139 g/mol. The highest BCUT2D eigenvalue weighted by Gasteiger charge is 2.23. The summed E-state index contributed by atoms with van der Waals surface area (Å²) in [5.41, 5.74) is -0.279. The molecule has 0 radical (unpaired) electrons. The summed E-state index contributed by atoms with van der Waals surface area (Å²) in [6.07, 6.45) is -0.0417. The van der Waals surface area contributed by atoms with Gasteiger partial charge >= 0.3 is 7.60 Å². The third-order valence-electron chi connectivity index (χ3n) is 0.680. The number of hydrogen-bond donors (Lipinski definition) is 2. The van der Waals surface area contributed by atoms with E-state index in [0.717, 1.165) is 0 Å². The van der Waals surface area contributed by atoms with Crippen molar-refractivity contribution in [3.05, 3.63) is 0 Å². The lowest BCUT2D eigenvalue weighted by atomic mass is 10.0. The molecular formula is C5H13O3P. The predicted molar refractivity (Wildman–Crippen MR) is 36.4 cm³/mol. The molecule has 0 rings (SSSR count). The molecule has 56 valence electrons. The van der Waals surface area contributed by atoms with Gasteiger partial charge in [0, 0.05) is 0 Å². The maximum atomic E-state index is 10.3. The molecule has 0 aromatic rings. The van der Waals surface area contributed by atoms with Gasteiger partial charge in [-0.3, -0.25) is 4.57 Å². The fourth-order valence-corrected chi connectivity index (χ4v) is 1.85. The molecule has 0 spiro atoms. The molecule has 0 saturated carbocycles. The topological polar surface area (TPSA) is 57.5 Å². The minimum atomic E-state index is -3.79. The molecule has 3 nitrogen and oxygen atoms in total. The van der Waals surface area contributed by atoms with E-state index in [9.17, 15) is 4.57 Å². The van der Waals surface area contributed by atoms with Gasteiger partial charge in [-0.25, -0.2) is 0 Å². The Morgan fingerprint density at radius 3 is 1.67 bits per heavy atom. The van der Waals surface area contributed by atoms with Crippen LogP contribution in [0.5, 0.6) is 0 Å². The van der Waals surface area contributed by atoms with Crippen LogP contribution in [0, 0.1) is 5.41 Å². The first kappa shape index (κ1) is 9.15. The molecule has 0 aliphatic carbocycles. The zero-order valence-corrected chi connectivity index (χ0v) is 6.85. The third kappa shape index (κ3) is 8.15. The average Bonchev–Trinajstić information content (AvgIpc) is 1.14. The Bertz CT molecular complexity index is 130. The summed E-state index contributed by atoms with van der Waals surface area (Å²) in [5, 5.41) is 0. The lowest BCUT2D eigenvalue weighted by molar-refractivity contribution is 0.343. The normalized spacial score (nSPS) is 13.9. The van der Waals surface area contributed by atoms with Gasteiger partial charge < -0.3 is 9.79 Å². The Hall–Kier alpha value is 0.150. The summed E-state index contributed by atoms with van der Waals surface area (Å²) in [4.78, 5) is 16.9. The molecule has 0 heterocycles. The van der Waals surface area contributed by atoms with Gasteiger partial charge in [0.1, 0.15) is 0 Å². The van der Waals surface area contributed by atoms with Crippen molar-refractivity contribution in [2.24, 2.45) is 5.41 Å². The highest BCUT2D eigenvalue weighted by Crippen LogP contribution is 2.40. The molecule has 0 aromatic heterocycles. The van der Waals surface area contributed by atoms with Crippen LogP contribution in [0.25, 0.3) is 0 Å². The second kappa shape index (κ2) is 2.41. The summed E-state index contributed by atoms with van der Waals surface area (Å²) in [6.45, 7) is 5.39. The smallest absolute Gasteiger partial charge is 0.324 e. The summed E-state index contributed by atoms with van der Waals surface area (Å²) in [5.74, 6) is 0. The summed E-state index contributed by atoms with van der Waals surface area (Å²) in [7, 11) is -3.79. The highest BCUT2D eigenvalue weighted by atomic mass is 31.2. The van der Waals surface area contributed by atoms with Gasteiger partial charge in [-0.2, -0.15) is 0 Å². The van der Waals surface area contributed by atoms with Crippen LogP contribution in [0.15, 0.2) is 0 Å². The molecule has 0 aliphatic heterocycles. The van der Waals surface area contributed by atoms with Crippen LogP contribution >= 0.6 is 7.60 Å². The van der Waals surface area contributed by atoms with Crippen molar-refractivity contribution in [1.82, 2.24) is 0 Å². The Morgan fingerprint density at radius 1 is 1.33 bits per heavy atom. The van der Waals surface area contributed by atoms with Crippen LogP contribution in [0.1, 0.15) is 20.8 Å². The third-order valence-corrected chi connectivity index (χ3v) is 2.04. The van der Waals surface area contributed by atoms with Crippen LogP contribution < -0.4 is 0 Å². The van der Waals surface area contributed by atoms with Gasteiger partial charge in [-0.15, -0.1) is 0 Å². The van der Waals surface area contributed by atoms with E-state index in [1.807, 2.05) is 0 Å². The van der Waals surface area contributed by atoms with E-state index >= 15 is 0 Å². The SMILES string of the molecule is CC(C)(C)CP(=O)(O)O. The van der Waals surface area contributed by atoms with Crippen molar-refractivity contribution in [2.45, 2.75) is 20.8 Å². The van der Waals surface area contributed by atoms with E-state index in [2.05, 4.69) is 0 Å². The first-order valence-electron chi connectivity index (χ1n) is 2.75. The molecule has 0 bridgehead atoms. The molecule has 9 heavy (non-hydrogen) atoms. The largest absolute Gasteiger partial charge is 0.326 e. The van der Waals surface area contributed by atoms with E-state index in [-0.39, 0.29) is 11.6 Å².